The maximum absolute atomic E-state index is 14.5. The first-order valence-corrected chi connectivity index (χ1v) is 14.9. The molecule has 0 aliphatic rings. The van der Waals surface area contributed by atoms with Gasteiger partial charge in [0, 0.05) is 11.7 Å². The molecule has 226 valence electrons. The quantitative estimate of drug-likeness (QED) is 0.260. The zero-order valence-corrected chi connectivity index (χ0v) is 26.6. The molecule has 0 aliphatic carbocycles. The van der Waals surface area contributed by atoms with Crippen LogP contribution < -0.4 is 10.6 Å². The number of aryl methyl sites for hydroxylation is 2. The number of hydrogen-bond acceptors (Lipinski definition) is 4. The minimum atomic E-state index is -0.922. The molecule has 3 rings (SSSR count). The third-order valence-electron chi connectivity index (χ3n) is 7.28. The summed E-state index contributed by atoms with van der Waals surface area (Å²) in [6.45, 7) is 17.2. The molecule has 0 aromatic heterocycles. The number of rotatable bonds is 10. The number of anilines is 1. The minimum absolute atomic E-state index is 0.110. The maximum Gasteiger partial charge on any atom is 0.408 e. The van der Waals surface area contributed by atoms with Crippen molar-refractivity contribution in [2.75, 3.05) is 5.32 Å². The largest absolute Gasteiger partial charge is 0.444 e. The normalized spacial score (nSPS) is 13.8. The Labute approximate surface area is 251 Å². The van der Waals surface area contributed by atoms with E-state index in [4.69, 9.17) is 4.74 Å². The van der Waals surface area contributed by atoms with Gasteiger partial charge in [-0.1, -0.05) is 74.9 Å². The molecule has 0 radical (unpaired) electrons. The lowest BCUT2D eigenvalue weighted by Crippen LogP contribution is -2.55. The zero-order chi connectivity index (χ0) is 31.2. The number of nitrogens with one attached hydrogen (secondary N) is 2. The summed E-state index contributed by atoms with van der Waals surface area (Å²) < 4.78 is 5.51. The van der Waals surface area contributed by atoms with Gasteiger partial charge in [-0.3, -0.25) is 9.59 Å². The Balaban J connectivity index is 2.09. The number of amides is 3. The summed E-state index contributed by atoms with van der Waals surface area (Å²) in [6, 6.07) is 17.6. The third kappa shape index (κ3) is 8.57. The van der Waals surface area contributed by atoms with Crippen molar-refractivity contribution in [2.24, 2.45) is 5.92 Å². The summed E-state index contributed by atoms with van der Waals surface area (Å²) >= 11 is 0. The van der Waals surface area contributed by atoms with Crippen LogP contribution in [0.3, 0.4) is 0 Å². The van der Waals surface area contributed by atoms with Gasteiger partial charge in [-0.05, 0) is 94.3 Å². The Morgan fingerprint density at radius 3 is 2.17 bits per heavy atom. The van der Waals surface area contributed by atoms with Crippen molar-refractivity contribution in [2.45, 2.75) is 98.9 Å². The lowest BCUT2D eigenvalue weighted by molar-refractivity contribution is -0.143. The van der Waals surface area contributed by atoms with Crippen molar-refractivity contribution in [1.82, 2.24) is 10.2 Å². The highest BCUT2D eigenvalue weighted by Gasteiger charge is 2.39. The standard InChI is InChI=1S/C35H47N3O4/c1-10-25(6)38(33(40)30(19-22(2)3)37-34(41)42-35(7,8)9)31(29-18-15-23(4)20-24(29)5)32(39)36-28-17-16-26-13-11-12-14-27(26)21-28/h11-18,20-22,25,30-31H,10,19H2,1-9H3,(H,36,39)(H,37,41). The number of ether oxygens (including phenoxy) is 1. The average Bonchev–Trinajstić information content (AvgIpc) is 2.89. The van der Waals surface area contributed by atoms with E-state index in [1.807, 2.05) is 102 Å². The molecule has 0 heterocycles. The predicted molar refractivity (Wildman–Crippen MR) is 170 cm³/mol. The van der Waals surface area contributed by atoms with Crippen LogP contribution in [0.1, 0.15) is 84.0 Å². The van der Waals surface area contributed by atoms with Crippen LogP contribution in [0.4, 0.5) is 10.5 Å². The molecule has 2 N–H and O–H groups in total. The molecular formula is C35H47N3O4. The number of fused-ring (bicyclic) bond motifs is 1. The molecule has 3 amide bonds. The Morgan fingerprint density at radius 1 is 0.905 bits per heavy atom. The second-order valence-corrected chi connectivity index (χ2v) is 12.6. The highest BCUT2D eigenvalue weighted by molar-refractivity contribution is 6.00. The van der Waals surface area contributed by atoms with E-state index in [0.717, 1.165) is 27.5 Å². The summed E-state index contributed by atoms with van der Waals surface area (Å²) in [7, 11) is 0. The molecule has 0 fully saturated rings. The molecular weight excluding hydrogens is 526 g/mol. The van der Waals surface area contributed by atoms with Gasteiger partial charge in [-0.2, -0.15) is 0 Å². The Morgan fingerprint density at radius 2 is 1.57 bits per heavy atom. The average molecular weight is 574 g/mol. The van der Waals surface area contributed by atoms with Crippen LogP contribution in [-0.4, -0.2) is 40.5 Å². The monoisotopic (exact) mass is 573 g/mol. The molecule has 0 saturated carbocycles. The van der Waals surface area contributed by atoms with Crippen LogP contribution in [0.5, 0.6) is 0 Å². The van der Waals surface area contributed by atoms with Crippen LogP contribution >= 0.6 is 0 Å². The van der Waals surface area contributed by atoms with Crippen LogP contribution in [0.25, 0.3) is 10.8 Å². The first-order valence-electron chi connectivity index (χ1n) is 14.9. The van der Waals surface area contributed by atoms with Crippen molar-refractivity contribution in [3.63, 3.8) is 0 Å². The summed E-state index contributed by atoms with van der Waals surface area (Å²) in [6.07, 6.45) is 0.364. The van der Waals surface area contributed by atoms with Gasteiger partial charge in [0.05, 0.1) is 0 Å². The molecule has 7 nitrogen and oxygen atoms in total. The Hall–Kier alpha value is -3.87. The second kappa shape index (κ2) is 13.9. The molecule has 7 heteroatoms. The fraction of sp³-hybridized carbons (Fsp3) is 0.457. The number of nitrogens with zero attached hydrogens (tertiary/aromatic N) is 1. The van der Waals surface area contributed by atoms with Crippen LogP contribution in [-0.2, 0) is 14.3 Å². The first kappa shape index (κ1) is 32.6. The maximum atomic E-state index is 14.5. The van der Waals surface area contributed by atoms with E-state index < -0.39 is 23.8 Å². The van der Waals surface area contributed by atoms with Crippen molar-refractivity contribution in [1.29, 1.82) is 0 Å². The molecule has 0 bridgehead atoms. The predicted octanol–water partition coefficient (Wildman–Crippen LogP) is 7.70. The van der Waals surface area contributed by atoms with Gasteiger partial charge >= 0.3 is 6.09 Å². The van der Waals surface area contributed by atoms with E-state index in [1.165, 1.54) is 0 Å². The fourth-order valence-electron chi connectivity index (χ4n) is 5.15. The number of alkyl carbamates (subject to hydrolysis) is 1. The van der Waals surface area contributed by atoms with Gasteiger partial charge in [0.2, 0.25) is 5.91 Å². The number of carbonyl (C=O) groups excluding carboxylic acids is 3. The highest BCUT2D eigenvalue weighted by atomic mass is 16.6. The number of carbonyl (C=O) groups is 3. The van der Waals surface area contributed by atoms with Gasteiger partial charge in [0.25, 0.3) is 5.91 Å². The van der Waals surface area contributed by atoms with Gasteiger partial charge in [-0.25, -0.2) is 4.79 Å². The Bertz CT molecular complexity index is 1410. The van der Waals surface area contributed by atoms with Crippen molar-refractivity contribution in [3.8, 4) is 0 Å². The van der Waals surface area contributed by atoms with Gasteiger partial charge in [0.15, 0.2) is 0 Å². The fourth-order valence-corrected chi connectivity index (χ4v) is 5.15. The topological polar surface area (TPSA) is 87.7 Å². The number of hydrogen-bond donors (Lipinski definition) is 2. The van der Waals surface area contributed by atoms with Crippen molar-refractivity contribution >= 4 is 34.4 Å². The second-order valence-electron chi connectivity index (χ2n) is 12.6. The molecule has 0 aliphatic heterocycles. The van der Waals surface area contributed by atoms with E-state index in [9.17, 15) is 14.4 Å². The lowest BCUT2D eigenvalue weighted by Gasteiger charge is -2.39. The molecule has 42 heavy (non-hydrogen) atoms. The summed E-state index contributed by atoms with van der Waals surface area (Å²) in [5.74, 6) is -0.521. The zero-order valence-electron chi connectivity index (χ0n) is 26.6. The van der Waals surface area contributed by atoms with Crippen molar-refractivity contribution < 1.29 is 19.1 Å². The van der Waals surface area contributed by atoms with E-state index in [0.29, 0.717) is 18.5 Å². The summed E-state index contributed by atoms with van der Waals surface area (Å²) in [4.78, 5) is 43.3. The van der Waals surface area contributed by atoms with E-state index in [-0.39, 0.29) is 23.8 Å². The molecule has 3 unspecified atom stereocenters. The highest BCUT2D eigenvalue weighted by Crippen LogP contribution is 2.31. The smallest absolute Gasteiger partial charge is 0.408 e. The van der Waals surface area contributed by atoms with E-state index in [2.05, 4.69) is 10.6 Å². The van der Waals surface area contributed by atoms with Crippen molar-refractivity contribution in [3.05, 3.63) is 77.4 Å². The van der Waals surface area contributed by atoms with Gasteiger partial charge < -0.3 is 20.3 Å². The van der Waals surface area contributed by atoms with Gasteiger partial charge in [0.1, 0.15) is 17.7 Å². The van der Waals surface area contributed by atoms with Crippen LogP contribution in [0, 0.1) is 19.8 Å². The van der Waals surface area contributed by atoms with E-state index >= 15 is 0 Å². The van der Waals surface area contributed by atoms with Crippen LogP contribution in [0.2, 0.25) is 0 Å². The molecule has 0 spiro atoms. The minimum Gasteiger partial charge on any atom is -0.444 e. The third-order valence-corrected chi connectivity index (χ3v) is 7.28. The SMILES string of the molecule is CCC(C)N(C(=O)C(CC(C)C)NC(=O)OC(C)(C)C)C(C(=O)Nc1ccc2ccccc2c1)c1ccc(C)cc1C. The summed E-state index contributed by atoms with van der Waals surface area (Å²) in [5.41, 5.74) is 2.65. The van der Waals surface area contributed by atoms with E-state index in [1.54, 1.807) is 25.7 Å². The molecule has 3 aromatic carbocycles. The molecule has 3 atom stereocenters. The molecule has 3 aromatic rings. The van der Waals surface area contributed by atoms with Crippen LogP contribution in [0.15, 0.2) is 60.7 Å². The first-order chi connectivity index (χ1) is 19.7. The summed E-state index contributed by atoms with van der Waals surface area (Å²) in [5, 5.41) is 7.99. The Kier molecular flexibility index (Phi) is 10.8. The number of benzene rings is 3. The lowest BCUT2D eigenvalue weighted by atomic mass is 9.93. The molecule has 0 saturated heterocycles. The van der Waals surface area contributed by atoms with Gasteiger partial charge in [-0.15, -0.1) is 0 Å².